The van der Waals surface area contributed by atoms with Gasteiger partial charge in [0.05, 0.1) is 8.07 Å². The van der Waals surface area contributed by atoms with E-state index >= 15 is 0 Å². The van der Waals surface area contributed by atoms with E-state index in [2.05, 4.69) is 61.4 Å². The molecule has 116 valence electrons. The van der Waals surface area contributed by atoms with Crippen molar-refractivity contribution < 1.29 is 0 Å². The Morgan fingerprint density at radius 2 is 1.91 bits per heavy atom. The molecule has 1 aromatic rings. The number of benzene rings is 1. The molecule has 22 heavy (non-hydrogen) atoms. The van der Waals surface area contributed by atoms with Crippen LogP contribution in [0.4, 0.5) is 5.69 Å². The second kappa shape index (κ2) is 7.32. The second-order valence-corrected chi connectivity index (χ2v) is 12.3. The van der Waals surface area contributed by atoms with E-state index < -0.39 is 8.07 Å². The van der Waals surface area contributed by atoms with Crippen molar-refractivity contribution in [1.29, 1.82) is 0 Å². The van der Waals surface area contributed by atoms with E-state index in [1.807, 2.05) is 31.2 Å². The maximum absolute atomic E-state index is 8.58. The third kappa shape index (κ3) is 5.08. The molecule has 0 saturated heterocycles. The number of rotatable bonds is 4. The van der Waals surface area contributed by atoms with E-state index in [-0.39, 0.29) is 0 Å². The van der Waals surface area contributed by atoms with Crippen LogP contribution in [0.5, 0.6) is 0 Å². The van der Waals surface area contributed by atoms with Gasteiger partial charge in [-0.3, -0.25) is 0 Å². The van der Waals surface area contributed by atoms with Crippen LogP contribution in [0.15, 0.2) is 52.5 Å². The molecular formula is C18H25N3Si. The highest BCUT2D eigenvalue weighted by Gasteiger charge is 2.32. The Morgan fingerprint density at radius 3 is 2.50 bits per heavy atom. The van der Waals surface area contributed by atoms with Crippen LogP contribution < -0.4 is 0 Å². The van der Waals surface area contributed by atoms with Gasteiger partial charge in [-0.2, -0.15) is 0 Å². The Bertz CT molecular complexity index is 666. The normalized spacial score (nSPS) is 11.7. The summed E-state index contributed by atoms with van der Waals surface area (Å²) in [5, 5.41) is 4.03. The topological polar surface area (TPSA) is 48.8 Å². The first kappa shape index (κ1) is 18.1. The smallest absolute Gasteiger partial charge is 0.0770 e. The summed E-state index contributed by atoms with van der Waals surface area (Å²) in [6.07, 6.45) is 4.03. The summed E-state index contributed by atoms with van der Waals surface area (Å²) in [7, 11) is -1.42. The van der Waals surface area contributed by atoms with Gasteiger partial charge in [0, 0.05) is 10.6 Å². The molecule has 0 N–H and O–H groups in total. The van der Waals surface area contributed by atoms with Gasteiger partial charge in [0.25, 0.3) is 0 Å². The first-order valence-corrected chi connectivity index (χ1v) is 10.5. The Labute approximate surface area is 134 Å². The van der Waals surface area contributed by atoms with Gasteiger partial charge in [-0.15, -0.1) is 5.73 Å². The molecule has 0 aliphatic heterocycles. The molecule has 1 rings (SSSR count). The van der Waals surface area contributed by atoms with Crippen molar-refractivity contribution in [2.45, 2.75) is 45.8 Å². The Morgan fingerprint density at radius 1 is 1.27 bits per heavy atom. The summed E-state index contributed by atoms with van der Waals surface area (Å²) in [5.41, 5.74) is 16.8. The second-order valence-electron chi connectivity index (χ2n) is 7.02. The lowest BCUT2D eigenvalue weighted by Crippen LogP contribution is -2.34. The Balaban J connectivity index is 3.06. The highest BCUT2D eigenvalue weighted by Crippen LogP contribution is 2.36. The van der Waals surface area contributed by atoms with E-state index in [1.165, 1.54) is 0 Å². The van der Waals surface area contributed by atoms with Crippen LogP contribution in [0.2, 0.25) is 18.1 Å². The zero-order valence-corrected chi connectivity index (χ0v) is 15.4. The monoisotopic (exact) mass is 311 g/mol. The molecule has 4 heteroatoms. The predicted molar refractivity (Wildman–Crippen MR) is 98.7 cm³/mol. The van der Waals surface area contributed by atoms with E-state index in [9.17, 15) is 0 Å². The molecule has 0 radical (unpaired) electrons. The minimum atomic E-state index is -1.42. The van der Waals surface area contributed by atoms with Gasteiger partial charge in [0.2, 0.25) is 0 Å². The van der Waals surface area contributed by atoms with Gasteiger partial charge in [-0.1, -0.05) is 75.0 Å². The van der Waals surface area contributed by atoms with Crippen molar-refractivity contribution in [2.24, 2.45) is 5.11 Å². The van der Waals surface area contributed by atoms with Crippen molar-refractivity contribution in [2.75, 3.05) is 0 Å². The standard InChI is InChI=1S/C18H25N3Si/c1-15(13-14-22(5,6)18(2,3)4)11-12-16-9-7-8-10-17(16)20-21-19/h7-10,12-14H,1-6H3/b14-13+. The summed E-state index contributed by atoms with van der Waals surface area (Å²) in [6.45, 7) is 13.7. The number of hydrogen-bond acceptors (Lipinski definition) is 1. The average molecular weight is 312 g/mol. The molecule has 0 unspecified atom stereocenters. The summed E-state index contributed by atoms with van der Waals surface area (Å²) in [4.78, 5) is 2.85. The molecule has 1 aromatic carbocycles. The number of allylic oxidation sites excluding steroid dienone is 2. The lowest BCUT2D eigenvalue weighted by atomic mass is 10.1. The molecule has 0 bridgehead atoms. The molecule has 0 amide bonds. The summed E-state index contributed by atoms with van der Waals surface area (Å²) < 4.78 is 0. The minimum absolute atomic E-state index is 0.335. The first-order valence-electron chi connectivity index (χ1n) is 7.44. The van der Waals surface area contributed by atoms with Gasteiger partial charge in [-0.25, -0.2) is 0 Å². The molecular weight excluding hydrogens is 286 g/mol. The Kier molecular flexibility index (Phi) is 6.01. The largest absolute Gasteiger partial charge is 0.117 e. The zero-order chi connectivity index (χ0) is 16.8. The predicted octanol–water partition coefficient (Wildman–Crippen LogP) is 6.79. The van der Waals surface area contributed by atoms with Crippen LogP contribution in [0.25, 0.3) is 16.5 Å². The van der Waals surface area contributed by atoms with Crippen LogP contribution in [0, 0.1) is 0 Å². The van der Waals surface area contributed by atoms with Crippen molar-refractivity contribution in [1.82, 2.24) is 0 Å². The lowest BCUT2D eigenvalue weighted by Gasteiger charge is -2.34. The fraction of sp³-hybridized carbons (Fsp3) is 0.389. The van der Waals surface area contributed by atoms with E-state index in [0.29, 0.717) is 10.7 Å². The molecule has 0 heterocycles. The van der Waals surface area contributed by atoms with Crippen molar-refractivity contribution in [3.05, 3.63) is 63.4 Å². The van der Waals surface area contributed by atoms with Gasteiger partial charge in [-0.05, 0) is 34.7 Å². The number of hydrogen-bond donors (Lipinski definition) is 0. The van der Waals surface area contributed by atoms with Crippen molar-refractivity contribution in [3.63, 3.8) is 0 Å². The fourth-order valence-corrected chi connectivity index (χ4v) is 2.74. The lowest BCUT2D eigenvalue weighted by molar-refractivity contribution is 0.728. The summed E-state index contributed by atoms with van der Waals surface area (Å²) in [6, 6.07) is 7.50. The maximum atomic E-state index is 8.58. The van der Waals surface area contributed by atoms with Gasteiger partial charge in [0.1, 0.15) is 0 Å². The van der Waals surface area contributed by atoms with Crippen LogP contribution >= 0.6 is 0 Å². The van der Waals surface area contributed by atoms with Crippen molar-refractivity contribution in [3.8, 4) is 0 Å². The first-order chi connectivity index (χ1) is 10.2. The molecule has 0 aromatic heterocycles. The molecule has 0 aliphatic rings. The number of azide groups is 1. The highest BCUT2D eigenvalue weighted by atomic mass is 28.3. The van der Waals surface area contributed by atoms with E-state index in [4.69, 9.17) is 5.53 Å². The van der Waals surface area contributed by atoms with Crippen LogP contribution in [-0.4, -0.2) is 8.07 Å². The van der Waals surface area contributed by atoms with E-state index in [0.717, 1.165) is 11.1 Å². The Hall–Kier alpha value is -1.99. The summed E-state index contributed by atoms with van der Waals surface area (Å²) >= 11 is 0. The minimum Gasteiger partial charge on any atom is -0.117 e. The van der Waals surface area contributed by atoms with Crippen LogP contribution in [0.1, 0.15) is 33.3 Å². The average Bonchev–Trinajstić information content (AvgIpc) is 2.43. The van der Waals surface area contributed by atoms with Crippen molar-refractivity contribution >= 4 is 19.8 Å². The third-order valence-electron chi connectivity index (χ3n) is 4.23. The molecule has 0 aliphatic carbocycles. The molecule has 0 fully saturated rings. The van der Waals surface area contributed by atoms with Gasteiger partial charge >= 0.3 is 0 Å². The van der Waals surface area contributed by atoms with Gasteiger partial charge in [0.15, 0.2) is 0 Å². The van der Waals surface area contributed by atoms with Gasteiger partial charge < -0.3 is 0 Å². The van der Waals surface area contributed by atoms with Crippen LogP contribution in [0.3, 0.4) is 0 Å². The SMILES string of the molecule is CC(=C=Cc1ccccc1N=[N+]=[N-])/C=C/[Si](C)(C)C(C)(C)C. The molecule has 0 atom stereocenters. The zero-order valence-electron chi connectivity index (χ0n) is 14.4. The van der Waals surface area contributed by atoms with E-state index in [1.54, 1.807) is 6.07 Å². The fourth-order valence-electron chi connectivity index (χ4n) is 1.57. The molecule has 0 saturated carbocycles. The highest BCUT2D eigenvalue weighted by molar-refractivity contribution is 6.84. The number of nitrogens with zero attached hydrogens (tertiary/aromatic N) is 3. The molecule has 0 spiro atoms. The quantitative estimate of drug-likeness (QED) is 0.147. The molecule has 3 nitrogen and oxygen atoms in total. The summed E-state index contributed by atoms with van der Waals surface area (Å²) in [5.74, 6) is 0. The maximum Gasteiger partial charge on any atom is 0.0770 e. The third-order valence-corrected chi connectivity index (χ3v) is 9.09. The van der Waals surface area contributed by atoms with Crippen LogP contribution in [-0.2, 0) is 0 Å².